The molecule has 1 amide bonds. The first-order chi connectivity index (χ1) is 11.7. The van der Waals surface area contributed by atoms with E-state index in [-0.39, 0.29) is 5.91 Å². The van der Waals surface area contributed by atoms with Gasteiger partial charge in [-0.25, -0.2) is 4.98 Å². The van der Waals surface area contributed by atoms with Crippen LogP contribution in [-0.2, 0) is 11.3 Å². The molecule has 4 nitrogen and oxygen atoms in total. The van der Waals surface area contributed by atoms with Crippen molar-refractivity contribution in [2.45, 2.75) is 13.5 Å². The number of carbonyl (C=O) groups excluding carboxylic acids is 1. The number of carbonyl (C=O) groups is 1. The zero-order chi connectivity index (χ0) is 16.8. The summed E-state index contributed by atoms with van der Waals surface area (Å²) < 4.78 is 1.93. The SMILES string of the molecule is Cc1ccc(/C=C/C(=O)NCc2ccccc2-n2ccnc2)cc1. The van der Waals surface area contributed by atoms with E-state index in [1.807, 2.05) is 72.3 Å². The van der Waals surface area contributed by atoms with Crippen molar-refractivity contribution in [3.63, 3.8) is 0 Å². The Morgan fingerprint density at radius 1 is 1.17 bits per heavy atom. The molecule has 120 valence electrons. The smallest absolute Gasteiger partial charge is 0.244 e. The number of nitrogens with zero attached hydrogens (tertiary/aromatic N) is 2. The fourth-order valence-corrected chi connectivity index (χ4v) is 2.40. The Morgan fingerprint density at radius 2 is 1.96 bits per heavy atom. The molecule has 0 spiro atoms. The minimum Gasteiger partial charge on any atom is -0.348 e. The summed E-state index contributed by atoms with van der Waals surface area (Å²) in [5, 5.41) is 2.92. The predicted octanol–water partition coefficient (Wildman–Crippen LogP) is 3.51. The number of amides is 1. The average Bonchev–Trinajstić information content (AvgIpc) is 3.14. The monoisotopic (exact) mass is 317 g/mol. The van der Waals surface area contributed by atoms with Gasteiger partial charge in [-0.3, -0.25) is 4.79 Å². The minimum atomic E-state index is -0.115. The maximum Gasteiger partial charge on any atom is 0.244 e. The van der Waals surface area contributed by atoms with Crippen molar-refractivity contribution >= 4 is 12.0 Å². The molecule has 3 rings (SSSR count). The summed E-state index contributed by atoms with van der Waals surface area (Å²) in [5.41, 5.74) is 4.26. The van der Waals surface area contributed by atoms with Gasteiger partial charge in [0.05, 0.1) is 12.0 Å². The van der Waals surface area contributed by atoms with Crippen molar-refractivity contribution in [2.24, 2.45) is 0 Å². The minimum absolute atomic E-state index is 0.115. The summed E-state index contributed by atoms with van der Waals surface area (Å²) in [6.07, 6.45) is 8.75. The summed E-state index contributed by atoms with van der Waals surface area (Å²) in [7, 11) is 0. The standard InChI is InChI=1S/C20H19N3O/c1-16-6-8-17(9-7-16)10-11-20(24)22-14-18-4-2-3-5-19(18)23-13-12-21-15-23/h2-13,15H,14H2,1H3,(H,22,24)/b11-10+. The lowest BCUT2D eigenvalue weighted by Gasteiger charge is -2.10. The van der Waals surface area contributed by atoms with Gasteiger partial charge >= 0.3 is 0 Å². The van der Waals surface area contributed by atoms with Gasteiger partial charge in [0.2, 0.25) is 5.91 Å². The van der Waals surface area contributed by atoms with E-state index >= 15 is 0 Å². The van der Waals surface area contributed by atoms with Gasteiger partial charge in [-0.05, 0) is 30.2 Å². The average molecular weight is 317 g/mol. The molecule has 24 heavy (non-hydrogen) atoms. The van der Waals surface area contributed by atoms with E-state index in [0.29, 0.717) is 6.54 Å². The van der Waals surface area contributed by atoms with Gasteiger partial charge in [0.15, 0.2) is 0 Å². The van der Waals surface area contributed by atoms with Crippen molar-refractivity contribution in [3.05, 3.63) is 90.0 Å². The van der Waals surface area contributed by atoms with E-state index in [4.69, 9.17) is 0 Å². The van der Waals surface area contributed by atoms with Crippen molar-refractivity contribution in [3.8, 4) is 5.69 Å². The van der Waals surface area contributed by atoms with Crippen LogP contribution in [0.4, 0.5) is 0 Å². The molecule has 0 aliphatic rings. The van der Waals surface area contributed by atoms with Gasteiger partial charge in [0, 0.05) is 25.0 Å². The van der Waals surface area contributed by atoms with E-state index in [1.165, 1.54) is 5.56 Å². The lowest BCUT2D eigenvalue weighted by Crippen LogP contribution is -2.21. The number of aromatic nitrogens is 2. The first-order valence-corrected chi connectivity index (χ1v) is 7.81. The molecule has 0 aliphatic carbocycles. The molecule has 1 aromatic heterocycles. The van der Waals surface area contributed by atoms with Gasteiger partial charge < -0.3 is 9.88 Å². The second-order valence-corrected chi connectivity index (χ2v) is 5.56. The number of hydrogen-bond acceptors (Lipinski definition) is 2. The number of para-hydroxylation sites is 1. The van der Waals surface area contributed by atoms with Gasteiger partial charge in [-0.2, -0.15) is 0 Å². The number of benzene rings is 2. The number of hydrogen-bond donors (Lipinski definition) is 1. The zero-order valence-electron chi connectivity index (χ0n) is 13.5. The molecule has 2 aromatic carbocycles. The van der Waals surface area contributed by atoms with E-state index in [1.54, 1.807) is 18.6 Å². The Morgan fingerprint density at radius 3 is 2.71 bits per heavy atom. The fraction of sp³-hybridized carbons (Fsp3) is 0.100. The van der Waals surface area contributed by atoms with Crippen LogP contribution in [0.25, 0.3) is 11.8 Å². The Balaban J connectivity index is 1.64. The van der Waals surface area contributed by atoms with Gasteiger partial charge in [0.1, 0.15) is 0 Å². The Kier molecular flexibility index (Phi) is 4.87. The van der Waals surface area contributed by atoms with Crippen LogP contribution in [0.3, 0.4) is 0 Å². The molecule has 0 aliphatic heterocycles. The van der Waals surface area contributed by atoms with Crippen molar-refractivity contribution < 1.29 is 4.79 Å². The number of aryl methyl sites for hydroxylation is 1. The van der Waals surface area contributed by atoms with Crippen LogP contribution in [0, 0.1) is 6.92 Å². The maximum atomic E-state index is 12.0. The second-order valence-electron chi connectivity index (χ2n) is 5.56. The summed E-state index contributed by atoms with van der Waals surface area (Å²) in [4.78, 5) is 16.1. The highest BCUT2D eigenvalue weighted by atomic mass is 16.1. The van der Waals surface area contributed by atoms with E-state index in [0.717, 1.165) is 16.8 Å². The highest BCUT2D eigenvalue weighted by Crippen LogP contribution is 2.13. The molecule has 0 unspecified atom stereocenters. The van der Waals surface area contributed by atoms with Crippen LogP contribution in [0.2, 0.25) is 0 Å². The Labute approximate surface area is 141 Å². The van der Waals surface area contributed by atoms with Crippen LogP contribution < -0.4 is 5.32 Å². The second kappa shape index (κ2) is 7.42. The molecule has 1 heterocycles. The molecule has 1 N–H and O–H groups in total. The highest BCUT2D eigenvalue weighted by Gasteiger charge is 2.04. The largest absolute Gasteiger partial charge is 0.348 e. The van der Waals surface area contributed by atoms with Gasteiger partial charge in [0.25, 0.3) is 0 Å². The van der Waals surface area contributed by atoms with Crippen molar-refractivity contribution in [2.75, 3.05) is 0 Å². The van der Waals surface area contributed by atoms with Crippen LogP contribution in [0.5, 0.6) is 0 Å². The predicted molar refractivity (Wildman–Crippen MR) is 95.6 cm³/mol. The van der Waals surface area contributed by atoms with Crippen LogP contribution >= 0.6 is 0 Å². The third kappa shape index (κ3) is 3.98. The first kappa shape index (κ1) is 15.7. The van der Waals surface area contributed by atoms with E-state index in [9.17, 15) is 4.79 Å². The third-order valence-electron chi connectivity index (χ3n) is 3.73. The van der Waals surface area contributed by atoms with E-state index in [2.05, 4.69) is 10.3 Å². The van der Waals surface area contributed by atoms with Crippen molar-refractivity contribution in [1.29, 1.82) is 0 Å². The molecule has 4 heteroatoms. The van der Waals surface area contributed by atoms with Crippen molar-refractivity contribution in [1.82, 2.24) is 14.9 Å². The molecule has 3 aromatic rings. The molecule has 0 saturated heterocycles. The molecular weight excluding hydrogens is 298 g/mol. The molecular formula is C20H19N3O. The van der Waals surface area contributed by atoms with Crippen LogP contribution in [0.1, 0.15) is 16.7 Å². The number of rotatable bonds is 5. The summed E-state index contributed by atoms with van der Waals surface area (Å²) in [6.45, 7) is 2.50. The lowest BCUT2D eigenvalue weighted by molar-refractivity contribution is -0.116. The lowest BCUT2D eigenvalue weighted by atomic mass is 10.1. The molecule has 0 atom stereocenters. The van der Waals surface area contributed by atoms with E-state index < -0.39 is 0 Å². The van der Waals surface area contributed by atoms with Crippen LogP contribution in [-0.4, -0.2) is 15.5 Å². The van der Waals surface area contributed by atoms with Crippen LogP contribution in [0.15, 0.2) is 73.3 Å². The first-order valence-electron chi connectivity index (χ1n) is 7.81. The third-order valence-corrected chi connectivity index (χ3v) is 3.73. The summed E-state index contributed by atoms with van der Waals surface area (Å²) in [6, 6.07) is 16.0. The fourth-order valence-electron chi connectivity index (χ4n) is 2.40. The molecule has 0 radical (unpaired) electrons. The number of nitrogens with one attached hydrogen (secondary N) is 1. The normalized spacial score (nSPS) is 10.9. The highest BCUT2D eigenvalue weighted by molar-refractivity contribution is 5.91. The molecule has 0 bridgehead atoms. The summed E-state index contributed by atoms with van der Waals surface area (Å²) >= 11 is 0. The maximum absolute atomic E-state index is 12.0. The Bertz CT molecular complexity index is 834. The Hall–Kier alpha value is -3.14. The summed E-state index contributed by atoms with van der Waals surface area (Å²) in [5.74, 6) is -0.115. The number of imidazole rings is 1. The topological polar surface area (TPSA) is 46.9 Å². The molecule has 0 saturated carbocycles. The quantitative estimate of drug-likeness (QED) is 0.732. The van der Waals surface area contributed by atoms with Gasteiger partial charge in [-0.1, -0.05) is 48.0 Å². The van der Waals surface area contributed by atoms with Gasteiger partial charge in [-0.15, -0.1) is 0 Å². The molecule has 0 fully saturated rings. The zero-order valence-corrected chi connectivity index (χ0v) is 13.5.